The van der Waals surface area contributed by atoms with E-state index in [4.69, 9.17) is 0 Å². The molecule has 80 valence electrons. The van der Waals surface area contributed by atoms with E-state index in [1.165, 1.54) is 7.11 Å². The zero-order chi connectivity index (χ0) is 10.6. The summed E-state index contributed by atoms with van der Waals surface area (Å²) in [4.78, 5) is 28.5. The van der Waals surface area contributed by atoms with Crippen molar-refractivity contribution >= 4 is 11.8 Å². The predicted octanol–water partition coefficient (Wildman–Crippen LogP) is 0.558. The Labute approximate surface area is 83.4 Å². The third kappa shape index (κ3) is 2.70. The Bertz CT molecular complexity index is 222. The highest BCUT2D eigenvalue weighted by Crippen LogP contribution is 2.17. The lowest BCUT2D eigenvalue weighted by Gasteiger charge is -2.30. The molecule has 1 saturated heterocycles. The highest BCUT2D eigenvalue weighted by Gasteiger charge is 2.24. The van der Waals surface area contributed by atoms with Gasteiger partial charge in [-0.2, -0.15) is 0 Å². The number of hydroxylamine groups is 1. The summed E-state index contributed by atoms with van der Waals surface area (Å²) in [6.07, 6.45) is 1.51. The summed E-state index contributed by atoms with van der Waals surface area (Å²) in [6.45, 7) is 2.86. The van der Waals surface area contributed by atoms with Gasteiger partial charge in [-0.3, -0.25) is 9.63 Å². The van der Waals surface area contributed by atoms with Gasteiger partial charge in [0.2, 0.25) is 0 Å². The van der Waals surface area contributed by atoms with E-state index in [1.54, 1.807) is 11.8 Å². The van der Waals surface area contributed by atoms with Crippen LogP contribution in [0.2, 0.25) is 0 Å². The van der Waals surface area contributed by atoms with Crippen LogP contribution in [0.4, 0.5) is 4.79 Å². The maximum atomic E-state index is 11.3. The van der Waals surface area contributed by atoms with Crippen molar-refractivity contribution in [3.8, 4) is 0 Å². The molecule has 0 spiro atoms. The SMILES string of the molecule is CONC(=O)N1CCC(C(C)=O)CC1. The summed E-state index contributed by atoms with van der Waals surface area (Å²) in [6, 6.07) is -0.227. The molecule has 0 bridgehead atoms. The molecule has 0 atom stereocenters. The Morgan fingerprint density at radius 2 is 1.93 bits per heavy atom. The van der Waals surface area contributed by atoms with Gasteiger partial charge in [-0.05, 0) is 19.8 Å². The van der Waals surface area contributed by atoms with Gasteiger partial charge in [0.1, 0.15) is 5.78 Å². The zero-order valence-electron chi connectivity index (χ0n) is 8.58. The summed E-state index contributed by atoms with van der Waals surface area (Å²) in [7, 11) is 1.40. The fourth-order valence-corrected chi connectivity index (χ4v) is 1.64. The van der Waals surface area contributed by atoms with Gasteiger partial charge in [-0.15, -0.1) is 0 Å². The van der Waals surface area contributed by atoms with Gasteiger partial charge in [0, 0.05) is 19.0 Å². The molecule has 1 N–H and O–H groups in total. The smallest absolute Gasteiger partial charge is 0.323 e. The molecule has 0 aliphatic carbocycles. The molecule has 0 saturated carbocycles. The van der Waals surface area contributed by atoms with Crippen molar-refractivity contribution in [3.63, 3.8) is 0 Å². The van der Waals surface area contributed by atoms with E-state index in [0.29, 0.717) is 13.1 Å². The highest BCUT2D eigenvalue weighted by atomic mass is 16.6. The molecule has 5 heteroatoms. The van der Waals surface area contributed by atoms with Crippen molar-refractivity contribution < 1.29 is 14.4 Å². The van der Waals surface area contributed by atoms with E-state index in [9.17, 15) is 9.59 Å². The first kappa shape index (κ1) is 11.0. The van der Waals surface area contributed by atoms with Crippen LogP contribution >= 0.6 is 0 Å². The van der Waals surface area contributed by atoms with E-state index in [2.05, 4.69) is 10.3 Å². The number of amides is 2. The molecule has 0 radical (unpaired) electrons. The summed E-state index contributed by atoms with van der Waals surface area (Å²) >= 11 is 0. The Balaban J connectivity index is 2.35. The third-order valence-electron chi connectivity index (χ3n) is 2.55. The van der Waals surface area contributed by atoms with Crippen LogP contribution in [0.25, 0.3) is 0 Å². The van der Waals surface area contributed by atoms with Crippen LogP contribution in [0.15, 0.2) is 0 Å². The highest BCUT2D eigenvalue weighted by molar-refractivity contribution is 5.79. The Kier molecular flexibility index (Phi) is 3.88. The van der Waals surface area contributed by atoms with Crippen molar-refractivity contribution in [2.24, 2.45) is 5.92 Å². The number of piperidine rings is 1. The number of ketones is 1. The molecule has 1 aliphatic rings. The van der Waals surface area contributed by atoms with Crippen molar-refractivity contribution in [1.29, 1.82) is 0 Å². The Morgan fingerprint density at radius 1 is 1.36 bits per heavy atom. The second-order valence-electron chi connectivity index (χ2n) is 3.48. The van der Waals surface area contributed by atoms with Crippen LogP contribution in [-0.4, -0.2) is 36.9 Å². The number of carbonyl (C=O) groups is 2. The molecule has 14 heavy (non-hydrogen) atoms. The fraction of sp³-hybridized carbons (Fsp3) is 0.778. The molecule has 1 fully saturated rings. The standard InChI is InChI=1S/C9H16N2O3/c1-7(12)8-3-5-11(6-4-8)9(13)10-14-2/h8H,3-6H2,1-2H3,(H,10,13). The topological polar surface area (TPSA) is 58.6 Å². The number of Topliss-reactive ketones (excluding diaryl/α,β-unsaturated/α-hetero) is 1. The lowest BCUT2D eigenvalue weighted by atomic mass is 9.94. The van der Waals surface area contributed by atoms with Gasteiger partial charge >= 0.3 is 6.03 Å². The molecule has 0 aromatic heterocycles. The summed E-state index contributed by atoms with van der Waals surface area (Å²) in [5, 5.41) is 0. The second kappa shape index (κ2) is 4.95. The van der Waals surface area contributed by atoms with Crippen molar-refractivity contribution in [3.05, 3.63) is 0 Å². The van der Waals surface area contributed by atoms with Gasteiger partial charge in [0.25, 0.3) is 0 Å². The average Bonchev–Trinajstić information content (AvgIpc) is 2.18. The number of nitrogens with one attached hydrogen (secondary N) is 1. The molecular weight excluding hydrogens is 184 g/mol. The van der Waals surface area contributed by atoms with Crippen molar-refractivity contribution in [2.75, 3.05) is 20.2 Å². The zero-order valence-corrected chi connectivity index (χ0v) is 8.58. The van der Waals surface area contributed by atoms with Crippen LogP contribution in [0.3, 0.4) is 0 Å². The molecule has 0 aromatic rings. The molecule has 1 heterocycles. The van der Waals surface area contributed by atoms with Crippen molar-refractivity contribution in [2.45, 2.75) is 19.8 Å². The number of nitrogens with zero attached hydrogens (tertiary/aromatic N) is 1. The van der Waals surface area contributed by atoms with Crippen LogP contribution in [0.1, 0.15) is 19.8 Å². The molecule has 0 aromatic carbocycles. The number of carbonyl (C=O) groups excluding carboxylic acids is 2. The molecule has 2 amide bonds. The number of hydrogen-bond donors (Lipinski definition) is 1. The molecule has 1 rings (SSSR count). The van der Waals surface area contributed by atoms with Crippen LogP contribution in [0, 0.1) is 5.92 Å². The van der Waals surface area contributed by atoms with E-state index >= 15 is 0 Å². The average molecular weight is 200 g/mol. The fourth-order valence-electron chi connectivity index (χ4n) is 1.64. The molecule has 1 aliphatic heterocycles. The van der Waals surface area contributed by atoms with Gasteiger partial charge in [0.15, 0.2) is 0 Å². The quantitative estimate of drug-likeness (QED) is 0.662. The number of urea groups is 1. The minimum Gasteiger partial charge on any atom is -0.323 e. The van der Waals surface area contributed by atoms with E-state index < -0.39 is 0 Å². The van der Waals surface area contributed by atoms with E-state index in [-0.39, 0.29) is 17.7 Å². The minimum absolute atomic E-state index is 0.126. The van der Waals surface area contributed by atoms with Gasteiger partial charge in [-0.25, -0.2) is 10.3 Å². The maximum Gasteiger partial charge on any atom is 0.341 e. The Morgan fingerprint density at radius 3 is 2.36 bits per heavy atom. The van der Waals surface area contributed by atoms with Crippen LogP contribution < -0.4 is 5.48 Å². The predicted molar refractivity (Wildman–Crippen MR) is 50.5 cm³/mol. The minimum atomic E-state index is -0.227. The lowest BCUT2D eigenvalue weighted by Crippen LogP contribution is -2.44. The van der Waals surface area contributed by atoms with E-state index in [1.807, 2.05) is 0 Å². The number of rotatable bonds is 2. The molecule has 0 unspecified atom stereocenters. The van der Waals surface area contributed by atoms with E-state index in [0.717, 1.165) is 12.8 Å². The van der Waals surface area contributed by atoms with Crippen LogP contribution in [-0.2, 0) is 9.63 Å². The maximum absolute atomic E-state index is 11.3. The first-order valence-corrected chi connectivity index (χ1v) is 4.73. The second-order valence-corrected chi connectivity index (χ2v) is 3.48. The van der Waals surface area contributed by atoms with Crippen molar-refractivity contribution in [1.82, 2.24) is 10.4 Å². The normalized spacial score (nSPS) is 18.0. The molecular formula is C9H16N2O3. The third-order valence-corrected chi connectivity index (χ3v) is 2.55. The number of hydrogen-bond acceptors (Lipinski definition) is 3. The van der Waals surface area contributed by atoms with Crippen LogP contribution in [0.5, 0.6) is 0 Å². The lowest BCUT2D eigenvalue weighted by molar-refractivity contribution is -0.121. The first-order chi connectivity index (χ1) is 6.65. The largest absolute Gasteiger partial charge is 0.341 e. The Hall–Kier alpha value is -1.10. The molecule has 5 nitrogen and oxygen atoms in total. The summed E-state index contributed by atoms with van der Waals surface area (Å²) in [5.41, 5.74) is 2.26. The number of likely N-dealkylation sites (tertiary alicyclic amines) is 1. The first-order valence-electron chi connectivity index (χ1n) is 4.73. The monoisotopic (exact) mass is 200 g/mol. The summed E-state index contributed by atoms with van der Waals surface area (Å²) < 4.78 is 0. The van der Waals surface area contributed by atoms with Gasteiger partial charge < -0.3 is 4.90 Å². The van der Waals surface area contributed by atoms with Gasteiger partial charge in [-0.1, -0.05) is 0 Å². The van der Waals surface area contributed by atoms with Gasteiger partial charge in [0.05, 0.1) is 7.11 Å². The summed E-state index contributed by atoms with van der Waals surface area (Å²) in [5.74, 6) is 0.346.